The molecule has 0 spiro atoms. The Labute approximate surface area is 265 Å². The van der Waals surface area contributed by atoms with Gasteiger partial charge in [0, 0.05) is 52.3 Å². The summed E-state index contributed by atoms with van der Waals surface area (Å²) in [7, 11) is 3.17. The molecule has 0 radical (unpaired) electrons. The van der Waals surface area contributed by atoms with Crippen molar-refractivity contribution in [1.82, 2.24) is 15.3 Å². The standard InChI is InChI=1S/C33H32Cl2N4O5/c1-43-27-14-19(17-38-26(27)11-3-6-21(40)16-29(41)42)22-7-4-9-24(30(22)34)25-10-5-8-23(31(25)35)20-15-28(44-2)32(39-18-20)33-36-12-13-37-33/h4-5,7-10,14-15,17-18,21,40H,3,6,11-13,16H2,1-2H3,(H,36,37)(H,41,42)/t21-/m1/s1. The fourth-order valence-corrected chi connectivity index (χ4v) is 5.87. The van der Waals surface area contributed by atoms with Gasteiger partial charge in [-0.1, -0.05) is 59.6 Å². The summed E-state index contributed by atoms with van der Waals surface area (Å²) in [6, 6.07) is 15.3. The Morgan fingerprint density at radius 1 is 0.932 bits per heavy atom. The topological polar surface area (TPSA) is 126 Å². The van der Waals surface area contributed by atoms with Crippen molar-refractivity contribution < 1.29 is 24.5 Å². The number of nitrogens with one attached hydrogen (secondary N) is 1. The molecule has 2 aromatic heterocycles. The quantitative estimate of drug-likeness (QED) is 0.165. The van der Waals surface area contributed by atoms with Crippen molar-refractivity contribution in [3.63, 3.8) is 0 Å². The molecular weight excluding hydrogens is 603 g/mol. The molecule has 0 saturated heterocycles. The molecule has 228 valence electrons. The summed E-state index contributed by atoms with van der Waals surface area (Å²) in [4.78, 5) is 24.5. The molecule has 1 aliphatic rings. The first-order valence-corrected chi connectivity index (χ1v) is 14.9. The summed E-state index contributed by atoms with van der Waals surface area (Å²) >= 11 is 14.1. The first-order chi connectivity index (χ1) is 21.3. The van der Waals surface area contributed by atoms with Gasteiger partial charge in [0.25, 0.3) is 0 Å². The highest BCUT2D eigenvalue weighted by atomic mass is 35.5. The van der Waals surface area contributed by atoms with E-state index in [-0.39, 0.29) is 6.42 Å². The molecule has 0 bridgehead atoms. The third kappa shape index (κ3) is 6.80. The van der Waals surface area contributed by atoms with E-state index < -0.39 is 12.1 Å². The average Bonchev–Trinajstić information content (AvgIpc) is 3.56. The van der Waals surface area contributed by atoms with Crippen LogP contribution in [0.25, 0.3) is 33.4 Å². The van der Waals surface area contributed by atoms with Crippen LogP contribution in [-0.4, -0.2) is 65.4 Å². The van der Waals surface area contributed by atoms with Crippen molar-refractivity contribution in [2.45, 2.75) is 31.8 Å². The number of carboxylic acids is 1. The van der Waals surface area contributed by atoms with E-state index in [9.17, 15) is 9.90 Å². The van der Waals surface area contributed by atoms with E-state index in [0.29, 0.717) is 64.6 Å². The number of aryl methyl sites for hydroxylation is 1. The molecule has 2 aromatic carbocycles. The van der Waals surface area contributed by atoms with E-state index in [1.165, 1.54) is 0 Å². The van der Waals surface area contributed by atoms with Crippen LogP contribution in [-0.2, 0) is 11.2 Å². The number of carbonyl (C=O) groups is 1. The lowest BCUT2D eigenvalue weighted by atomic mass is 9.96. The molecule has 1 aliphatic heterocycles. The molecule has 3 heterocycles. The van der Waals surface area contributed by atoms with Crippen LogP contribution in [0.2, 0.25) is 10.0 Å². The Morgan fingerprint density at radius 2 is 1.52 bits per heavy atom. The number of methoxy groups -OCH3 is 2. The van der Waals surface area contributed by atoms with Crippen LogP contribution in [0.3, 0.4) is 0 Å². The average molecular weight is 636 g/mol. The van der Waals surface area contributed by atoms with E-state index in [1.54, 1.807) is 26.6 Å². The van der Waals surface area contributed by atoms with E-state index in [1.807, 2.05) is 48.5 Å². The van der Waals surface area contributed by atoms with E-state index >= 15 is 0 Å². The van der Waals surface area contributed by atoms with Crippen molar-refractivity contribution in [2.75, 3.05) is 27.3 Å². The number of halogens is 2. The van der Waals surface area contributed by atoms with E-state index in [2.05, 4.69) is 20.3 Å². The van der Waals surface area contributed by atoms with Crippen molar-refractivity contribution in [1.29, 1.82) is 0 Å². The van der Waals surface area contributed by atoms with Crippen LogP contribution in [0.15, 0.2) is 65.9 Å². The second-order valence-electron chi connectivity index (χ2n) is 10.3. The molecule has 0 aliphatic carbocycles. The summed E-state index contributed by atoms with van der Waals surface area (Å²) < 4.78 is 11.3. The smallest absolute Gasteiger partial charge is 0.305 e. The molecule has 1 atom stereocenters. The number of benzene rings is 2. The summed E-state index contributed by atoms with van der Waals surface area (Å²) in [5.74, 6) is 0.869. The Bertz CT molecular complexity index is 1710. The number of rotatable bonds is 12. The summed E-state index contributed by atoms with van der Waals surface area (Å²) in [5.41, 5.74) is 6.00. The number of hydrogen-bond acceptors (Lipinski definition) is 8. The van der Waals surface area contributed by atoms with Gasteiger partial charge in [-0.15, -0.1) is 0 Å². The zero-order valence-electron chi connectivity index (χ0n) is 24.3. The number of nitrogens with zero attached hydrogens (tertiary/aromatic N) is 3. The van der Waals surface area contributed by atoms with Crippen molar-refractivity contribution in [2.24, 2.45) is 4.99 Å². The van der Waals surface area contributed by atoms with Gasteiger partial charge in [0.15, 0.2) is 5.84 Å². The molecule has 4 aromatic rings. The largest absolute Gasteiger partial charge is 0.495 e. The Balaban J connectivity index is 1.43. The van der Waals surface area contributed by atoms with Crippen LogP contribution in [0, 0.1) is 0 Å². The van der Waals surface area contributed by atoms with Crippen molar-refractivity contribution in [3.8, 4) is 44.9 Å². The summed E-state index contributed by atoms with van der Waals surface area (Å²) in [6.45, 7) is 1.47. The number of aliphatic hydroxyl groups excluding tert-OH is 1. The number of aliphatic carboxylic acids is 1. The zero-order chi connectivity index (χ0) is 31.2. The van der Waals surface area contributed by atoms with Crippen molar-refractivity contribution >= 4 is 35.0 Å². The lowest BCUT2D eigenvalue weighted by molar-refractivity contribution is -0.139. The van der Waals surface area contributed by atoms with Gasteiger partial charge < -0.3 is 25.0 Å². The molecule has 0 unspecified atom stereocenters. The van der Waals surface area contributed by atoms with Crippen LogP contribution in [0.1, 0.15) is 30.7 Å². The number of aromatic nitrogens is 2. The molecule has 0 amide bonds. The molecular formula is C33H32Cl2N4O5. The molecule has 44 heavy (non-hydrogen) atoms. The highest BCUT2D eigenvalue weighted by Gasteiger charge is 2.20. The molecule has 0 fully saturated rings. The van der Waals surface area contributed by atoms with Gasteiger partial charge in [0.2, 0.25) is 0 Å². The lowest BCUT2D eigenvalue weighted by Gasteiger charge is -2.16. The van der Waals surface area contributed by atoms with Gasteiger partial charge in [-0.3, -0.25) is 14.8 Å². The first-order valence-electron chi connectivity index (χ1n) is 14.1. The van der Waals surface area contributed by atoms with Gasteiger partial charge in [-0.05, 0) is 31.4 Å². The van der Waals surface area contributed by atoms with Crippen LogP contribution in [0.5, 0.6) is 11.5 Å². The normalized spacial score (nSPS) is 13.2. The monoisotopic (exact) mass is 634 g/mol. The minimum absolute atomic E-state index is 0.281. The minimum Gasteiger partial charge on any atom is -0.495 e. The number of amidine groups is 1. The fourth-order valence-electron chi connectivity index (χ4n) is 5.20. The number of hydrogen-bond donors (Lipinski definition) is 3. The number of aliphatic hydroxyl groups is 1. The highest BCUT2D eigenvalue weighted by molar-refractivity contribution is 6.39. The predicted molar refractivity (Wildman–Crippen MR) is 172 cm³/mol. The van der Waals surface area contributed by atoms with Crippen LogP contribution < -0.4 is 14.8 Å². The third-order valence-electron chi connectivity index (χ3n) is 7.39. The van der Waals surface area contributed by atoms with E-state index in [0.717, 1.165) is 39.9 Å². The highest BCUT2D eigenvalue weighted by Crippen LogP contribution is 2.43. The van der Waals surface area contributed by atoms with E-state index in [4.69, 9.17) is 37.8 Å². The number of ether oxygens (including phenoxy) is 2. The maximum absolute atomic E-state index is 10.8. The number of carboxylic acid groups (broad SMARTS) is 1. The molecule has 3 N–H and O–H groups in total. The number of pyridine rings is 2. The maximum Gasteiger partial charge on any atom is 0.305 e. The molecule has 11 heteroatoms. The van der Waals surface area contributed by atoms with Gasteiger partial charge >= 0.3 is 5.97 Å². The van der Waals surface area contributed by atoms with Crippen molar-refractivity contribution in [3.05, 3.63) is 82.4 Å². The Hall–Kier alpha value is -4.18. The fraction of sp³-hybridized carbons (Fsp3) is 0.273. The Kier molecular flexibility index (Phi) is 9.99. The van der Waals surface area contributed by atoms with Gasteiger partial charge in [0.1, 0.15) is 17.2 Å². The molecule has 0 saturated carbocycles. The van der Waals surface area contributed by atoms with Gasteiger partial charge in [-0.25, -0.2) is 4.98 Å². The zero-order valence-corrected chi connectivity index (χ0v) is 25.8. The Morgan fingerprint density at radius 3 is 2.09 bits per heavy atom. The van der Waals surface area contributed by atoms with Crippen LogP contribution in [0.4, 0.5) is 0 Å². The first kappa shape index (κ1) is 31.3. The summed E-state index contributed by atoms with van der Waals surface area (Å²) in [5, 5.41) is 23.0. The van der Waals surface area contributed by atoms with Gasteiger partial charge in [0.05, 0.1) is 49.0 Å². The second kappa shape index (κ2) is 14.1. The van der Waals surface area contributed by atoms with Gasteiger partial charge in [-0.2, -0.15) is 0 Å². The minimum atomic E-state index is -1.02. The summed E-state index contributed by atoms with van der Waals surface area (Å²) in [6.07, 6.45) is 3.77. The lowest BCUT2D eigenvalue weighted by Crippen LogP contribution is -2.21. The van der Waals surface area contributed by atoms with Crippen LogP contribution >= 0.6 is 23.2 Å². The number of aliphatic imine (C=N–C) groups is 1. The maximum atomic E-state index is 10.8. The second-order valence-corrected chi connectivity index (χ2v) is 11.0. The third-order valence-corrected chi connectivity index (χ3v) is 8.21. The predicted octanol–water partition coefficient (Wildman–Crippen LogP) is 6.31. The SMILES string of the molecule is COc1cc(-c2cccc(-c3cccc(-c4cnc(C5=NCCN5)c(OC)c4)c3Cl)c2Cl)cnc1CCC[C@@H](O)CC(=O)O. The molecule has 9 nitrogen and oxygen atoms in total. The molecule has 5 rings (SSSR count).